The zero-order valence-electron chi connectivity index (χ0n) is 14.6. The van der Waals surface area contributed by atoms with Gasteiger partial charge in [0.05, 0.1) is 4.47 Å². The van der Waals surface area contributed by atoms with Gasteiger partial charge >= 0.3 is 0 Å². The predicted octanol–water partition coefficient (Wildman–Crippen LogP) is 3.98. The molecule has 3 aromatic rings. The number of hydrogen-bond donors (Lipinski definition) is 2. The van der Waals surface area contributed by atoms with E-state index in [0.717, 1.165) is 15.2 Å². The minimum atomic E-state index is -0.524. The zero-order valence-corrected chi connectivity index (χ0v) is 16.2. The van der Waals surface area contributed by atoms with Crippen molar-refractivity contribution < 1.29 is 18.7 Å². The van der Waals surface area contributed by atoms with Crippen LogP contribution < -0.4 is 15.6 Å². The van der Waals surface area contributed by atoms with Gasteiger partial charge in [0.15, 0.2) is 6.61 Å². The summed E-state index contributed by atoms with van der Waals surface area (Å²) in [7, 11) is 0. The van der Waals surface area contributed by atoms with Crippen LogP contribution in [0.2, 0.25) is 0 Å². The van der Waals surface area contributed by atoms with Crippen molar-refractivity contribution >= 4 is 44.6 Å². The van der Waals surface area contributed by atoms with Crippen molar-refractivity contribution in [1.29, 1.82) is 0 Å². The van der Waals surface area contributed by atoms with E-state index in [1.165, 1.54) is 36.4 Å². The summed E-state index contributed by atoms with van der Waals surface area (Å²) in [5.41, 5.74) is 5.18. The fraction of sp³-hybridized carbons (Fsp3) is 0.0476. The highest BCUT2D eigenvalue weighted by Crippen LogP contribution is 2.32. The van der Waals surface area contributed by atoms with Crippen LogP contribution in [0.5, 0.6) is 5.75 Å². The molecular weight excluding hydrogens is 427 g/mol. The van der Waals surface area contributed by atoms with Crippen LogP contribution in [0.15, 0.2) is 71.2 Å². The molecule has 0 unspecified atom stereocenters. The summed E-state index contributed by atoms with van der Waals surface area (Å²) < 4.78 is 19.1. The smallest absolute Gasteiger partial charge is 0.276 e. The average Bonchev–Trinajstić information content (AvgIpc) is 2.71. The number of hydrogen-bond acceptors (Lipinski definition) is 3. The summed E-state index contributed by atoms with van der Waals surface area (Å²) in [6.45, 7) is -0.265. The quantitative estimate of drug-likeness (QED) is 0.463. The van der Waals surface area contributed by atoms with E-state index in [-0.39, 0.29) is 12.4 Å². The summed E-state index contributed by atoms with van der Waals surface area (Å²) in [5.74, 6) is -0.864. The van der Waals surface area contributed by atoms with Gasteiger partial charge in [0.2, 0.25) is 0 Å². The summed E-state index contributed by atoms with van der Waals surface area (Å²) >= 11 is 3.48. The highest BCUT2D eigenvalue weighted by Gasteiger charge is 2.09. The van der Waals surface area contributed by atoms with Crippen LogP contribution in [0.3, 0.4) is 0 Å². The van der Waals surface area contributed by atoms with Gasteiger partial charge in [-0.3, -0.25) is 20.4 Å². The lowest BCUT2D eigenvalue weighted by Crippen LogP contribution is -2.43. The van der Waals surface area contributed by atoms with E-state index in [1.54, 1.807) is 6.07 Å². The highest BCUT2D eigenvalue weighted by molar-refractivity contribution is 9.10. The molecule has 0 saturated carbocycles. The molecule has 0 atom stereocenters. The van der Waals surface area contributed by atoms with E-state index in [1.807, 2.05) is 30.3 Å². The van der Waals surface area contributed by atoms with Crippen molar-refractivity contribution in [1.82, 2.24) is 10.9 Å². The van der Waals surface area contributed by atoms with Gasteiger partial charge in [0.1, 0.15) is 11.6 Å². The molecule has 0 aliphatic heterocycles. The Kier molecular flexibility index (Phi) is 6.39. The molecule has 2 amide bonds. The maximum absolute atomic E-state index is 12.8. The number of carbonyl (C=O) groups excluding carboxylic acids is 2. The molecule has 0 fully saturated rings. The topological polar surface area (TPSA) is 67.4 Å². The van der Waals surface area contributed by atoms with Crippen LogP contribution in [-0.4, -0.2) is 18.4 Å². The van der Waals surface area contributed by atoms with Crippen LogP contribution in [0.25, 0.3) is 16.8 Å². The third kappa shape index (κ3) is 5.17. The van der Waals surface area contributed by atoms with Gasteiger partial charge in [0, 0.05) is 6.08 Å². The maximum Gasteiger partial charge on any atom is 0.276 e. The van der Waals surface area contributed by atoms with E-state index in [2.05, 4.69) is 26.8 Å². The fourth-order valence-electron chi connectivity index (χ4n) is 2.42. The van der Waals surface area contributed by atoms with Gasteiger partial charge in [-0.1, -0.05) is 42.5 Å². The number of fused-ring (bicyclic) bond motifs is 1. The molecule has 0 aliphatic carbocycles. The molecule has 7 heteroatoms. The van der Waals surface area contributed by atoms with E-state index in [0.29, 0.717) is 11.3 Å². The van der Waals surface area contributed by atoms with Crippen LogP contribution in [-0.2, 0) is 9.59 Å². The Balaban J connectivity index is 1.48. The Labute approximate surface area is 169 Å². The minimum absolute atomic E-state index is 0.265. The highest BCUT2D eigenvalue weighted by atomic mass is 79.9. The van der Waals surface area contributed by atoms with Gasteiger partial charge in [-0.2, -0.15) is 0 Å². The second-order valence-corrected chi connectivity index (χ2v) is 6.60. The minimum Gasteiger partial charge on any atom is -0.483 e. The average molecular weight is 443 g/mol. The lowest BCUT2D eigenvalue weighted by Gasteiger charge is -2.10. The molecule has 0 bridgehead atoms. The van der Waals surface area contributed by atoms with E-state index in [9.17, 15) is 14.0 Å². The molecule has 0 aliphatic rings. The Morgan fingerprint density at radius 2 is 1.75 bits per heavy atom. The Hall–Kier alpha value is -3.19. The Morgan fingerprint density at radius 3 is 2.54 bits per heavy atom. The first kappa shape index (κ1) is 19.6. The van der Waals surface area contributed by atoms with Crippen molar-refractivity contribution in [2.75, 3.05) is 6.61 Å². The van der Waals surface area contributed by atoms with E-state index >= 15 is 0 Å². The monoisotopic (exact) mass is 442 g/mol. The van der Waals surface area contributed by atoms with Gasteiger partial charge in [-0.15, -0.1) is 0 Å². The SMILES string of the molecule is O=C(C=Cc1ccc(F)cc1)NNC(=O)COc1ccc2ccccc2c1Br. The molecule has 0 heterocycles. The van der Waals surface area contributed by atoms with Crippen molar-refractivity contribution in [3.05, 3.63) is 82.6 Å². The molecule has 5 nitrogen and oxygen atoms in total. The first-order chi connectivity index (χ1) is 13.5. The van der Waals surface area contributed by atoms with Crippen molar-refractivity contribution in [3.8, 4) is 5.75 Å². The van der Waals surface area contributed by atoms with E-state index in [4.69, 9.17) is 4.74 Å². The summed E-state index contributed by atoms with van der Waals surface area (Å²) in [6.07, 6.45) is 2.73. The molecule has 3 aromatic carbocycles. The predicted molar refractivity (Wildman–Crippen MR) is 109 cm³/mol. The number of hydrazine groups is 1. The van der Waals surface area contributed by atoms with Gasteiger partial charge in [0.25, 0.3) is 11.8 Å². The first-order valence-electron chi connectivity index (χ1n) is 8.35. The number of halogens is 2. The molecule has 0 radical (unpaired) electrons. The molecule has 0 aromatic heterocycles. The third-order valence-electron chi connectivity index (χ3n) is 3.81. The standard InChI is InChI=1S/C21H16BrFN2O3/c22-21-17-4-2-1-3-15(17)8-11-18(21)28-13-20(27)25-24-19(26)12-7-14-5-9-16(23)10-6-14/h1-12H,13H2,(H,24,26)(H,25,27). The summed E-state index contributed by atoms with van der Waals surface area (Å²) in [4.78, 5) is 23.6. The summed E-state index contributed by atoms with van der Waals surface area (Å²) in [6, 6.07) is 17.1. The lowest BCUT2D eigenvalue weighted by molar-refractivity contribution is -0.128. The second kappa shape index (κ2) is 9.14. The zero-order chi connectivity index (χ0) is 19.9. The number of nitrogens with one attached hydrogen (secondary N) is 2. The second-order valence-electron chi connectivity index (χ2n) is 5.81. The first-order valence-corrected chi connectivity index (χ1v) is 9.15. The van der Waals surface area contributed by atoms with Crippen LogP contribution >= 0.6 is 15.9 Å². The molecular formula is C21H16BrFN2O3. The largest absolute Gasteiger partial charge is 0.483 e. The number of carbonyl (C=O) groups is 2. The van der Waals surface area contributed by atoms with Gasteiger partial charge in [-0.25, -0.2) is 4.39 Å². The van der Waals surface area contributed by atoms with Crippen molar-refractivity contribution in [2.45, 2.75) is 0 Å². The van der Waals surface area contributed by atoms with Gasteiger partial charge in [-0.05, 0) is 56.5 Å². The lowest BCUT2D eigenvalue weighted by atomic mass is 10.1. The summed E-state index contributed by atoms with van der Waals surface area (Å²) in [5, 5.41) is 2.02. The van der Waals surface area contributed by atoms with Crippen LogP contribution in [0, 0.1) is 5.82 Å². The van der Waals surface area contributed by atoms with Crippen LogP contribution in [0.4, 0.5) is 4.39 Å². The Bertz CT molecular complexity index is 1040. The maximum atomic E-state index is 12.8. The number of benzene rings is 3. The molecule has 28 heavy (non-hydrogen) atoms. The molecule has 142 valence electrons. The fourth-order valence-corrected chi connectivity index (χ4v) is 3.03. The Morgan fingerprint density at radius 1 is 1.00 bits per heavy atom. The normalized spacial score (nSPS) is 10.8. The van der Waals surface area contributed by atoms with Crippen molar-refractivity contribution in [3.63, 3.8) is 0 Å². The third-order valence-corrected chi connectivity index (χ3v) is 4.63. The van der Waals surface area contributed by atoms with Gasteiger partial charge < -0.3 is 4.74 Å². The number of ether oxygens (including phenoxy) is 1. The number of amides is 2. The molecule has 3 rings (SSSR count). The molecule has 0 spiro atoms. The van der Waals surface area contributed by atoms with Crippen LogP contribution in [0.1, 0.15) is 5.56 Å². The molecule has 2 N–H and O–H groups in total. The molecule has 0 saturated heterocycles. The number of rotatable bonds is 5. The van der Waals surface area contributed by atoms with E-state index < -0.39 is 11.8 Å². The van der Waals surface area contributed by atoms with Crippen molar-refractivity contribution in [2.24, 2.45) is 0 Å².